The van der Waals surface area contributed by atoms with Crippen LogP contribution < -0.4 is 16.0 Å². The van der Waals surface area contributed by atoms with Crippen LogP contribution in [-0.2, 0) is 30.6 Å². The summed E-state index contributed by atoms with van der Waals surface area (Å²) in [5, 5.41) is 21.9. The number of hydrogen-bond acceptors (Lipinski definition) is 7. The predicted molar refractivity (Wildman–Crippen MR) is 299 cm³/mol. The van der Waals surface area contributed by atoms with E-state index in [-0.39, 0.29) is 29.6 Å². The lowest BCUT2D eigenvalue weighted by atomic mass is 9.94. The van der Waals surface area contributed by atoms with E-state index in [0.717, 1.165) is 0 Å². The van der Waals surface area contributed by atoms with Gasteiger partial charge in [-0.1, -0.05) is 144 Å². The standard InChI is InChI=1S/3C19H14ClF2N3O.CH3FS/c3*20-14-7-4-8-15(11-14)25-10-9-16(24-25)23-17(26)18(12-19(18,21)22)13-5-2-1-3-6-13;1-3-2/h3*1-11H,12H2,(H,23,24,26);1H3/t2*18-;;/m10../s1. The summed E-state index contributed by atoms with van der Waals surface area (Å²) in [5.41, 5.74) is -2.51. The highest BCUT2D eigenvalue weighted by molar-refractivity contribution is 7.93. The van der Waals surface area contributed by atoms with Crippen LogP contribution in [0.5, 0.6) is 0 Å². The molecule has 12 rings (SSSR count). The van der Waals surface area contributed by atoms with E-state index in [4.69, 9.17) is 34.8 Å². The average molecular weight is 1190 g/mol. The summed E-state index contributed by atoms with van der Waals surface area (Å²) < 4.78 is 99.4. The second-order valence-electron chi connectivity index (χ2n) is 18.9. The van der Waals surface area contributed by atoms with Crippen LogP contribution in [0.25, 0.3) is 17.1 Å². The lowest BCUT2D eigenvalue weighted by Crippen LogP contribution is -2.33. The minimum absolute atomic E-state index is 0.202. The molecule has 6 aromatic carbocycles. The van der Waals surface area contributed by atoms with Gasteiger partial charge in [0.05, 0.1) is 17.1 Å². The van der Waals surface area contributed by atoms with Crippen molar-refractivity contribution in [3.05, 3.63) is 232 Å². The van der Waals surface area contributed by atoms with Gasteiger partial charge in [0.1, 0.15) is 16.2 Å². The Morgan fingerprint density at radius 1 is 0.420 bits per heavy atom. The van der Waals surface area contributed by atoms with Crippen LogP contribution >= 0.6 is 47.0 Å². The number of hydrogen-bond donors (Lipinski definition) is 3. The van der Waals surface area contributed by atoms with Crippen molar-refractivity contribution in [1.29, 1.82) is 0 Å². The van der Waals surface area contributed by atoms with Crippen molar-refractivity contribution in [1.82, 2.24) is 29.3 Å². The molecule has 0 aliphatic heterocycles. The second kappa shape index (κ2) is 23.3. The molecule has 3 N–H and O–H groups in total. The second-order valence-corrected chi connectivity index (χ2v) is 20.5. The molecule has 0 bridgehead atoms. The Bertz CT molecular complexity index is 3330. The van der Waals surface area contributed by atoms with E-state index in [0.29, 0.717) is 48.8 Å². The highest BCUT2D eigenvalue weighted by Crippen LogP contribution is 2.64. The molecular formula is C58H45Cl3F7N9O3S. The van der Waals surface area contributed by atoms with Crippen LogP contribution in [0.4, 0.5) is 47.7 Å². The van der Waals surface area contributed by atoms with Crippen molar-refractivity contribution in [2.45, 2.75) is 53.3 Å². The fourth-order valence-corrected chi connectivity index (χ4v) is 9.79. The normalized spacial score (nSPS) is 20.0. The number of halogens is 10. The number of rotatable bonds is 12. The number of nitrogens with zero attached hydrogens (tertiary/aromatic N) is 6. The number of amides is 3. The maximum absolute atomic E-state index is 14.1. The fraction of sp³-hybridized carbons (Fsp3) is 0.172. The Morgan fingerprint density at radius 2 is 0.654 bits per heavy atom. The molecule has 3 amide bonds. The molecule has 3 aliphatic rings. The molecule has 1 unspecified atom stereocenters. The smallest absolute Gasteiger partial charge is 0.268 e. The van der Waals surface area contributed by atoms with Crippen molar-refractivity contribution in [2.24, 2.45) is 0 Å². The maximum Gasteiger partial charge on any atom is 0.268 e. The van der Waals surface area contributed by atoms with E-state index in [2.05, 4.69) is 31.2 Å². The first-order valence-corrected chi connectivity index (χ1v) is 26.8. The average Bonchev–Trinajstić information content (AvgIpc) is 4.24. The van der Waals surface area contributed by atoms with Gasteiger partial charge in [0.15, 0.2) is 17.5 Å². The van der Waals surface area contributed by atoms with E-state index in [9.17, 15) is 44.6 Å². The van der Waals surface area contributed by atoms with Gasteiger partial charge in [0, 0.05) is 89.5 Å². The minimum atomic E-state index is -3.08. The molecule has 3 aliphatic carbocycles. The first-order valence-electron chi connectivity index (χ1n) is 24.5. The van der Waals surface area contributed by atoms with Crippen LogP contribution in [0.15, 0.2) is 201 Å². The van der Waals surface area contributed by atoms with E-state index >= 15 is 0 Å². The molecule has 0 radical (unpaired) electrons. The lowest BCUT2D eigenvalue weighted by molar-refractivity contribution is -0.122. The third kappa shape index (κ3) is 12.0. The zero-order valence-corrected chi connectivity index (χ0v) is 45.4. The number of anilines is 3. The monoisotopic (exact) mass is 1190 g/mol. The lowest BCUT2D eigenvalue weighted by Gasteiger charge is -2.15. The van der Waals surface area contributed by atoms with Crippen LogP contribution in [0, 0.1) is 0 Å². The van der Waals surface area contributed by atoms with Gasteiger partial charge in [0.25, 0.3) is 17.8 Å². The van der Waals surface area contributed by atoms with Crippen LogP contribution in [0.2, 0.25) is 15.1 Å². The molecule has 3 heterocycles. The molecule has 416 valence electrons. The number of nitrogens with one attached hydrogen (secondary N) is 3. The van der Waals surface area contributed by atoms with Crippen molar-refractivity contribution in [3.8, 4) is 17.1 Å². The van der Waals surface area contributed by atoms with Gasteiger partial charge in [0.2, 0.25) is 17.7 Å². The summed E-state index contributed by atoms with van der Waals surface area (Å²) in [6, 6.07) is 50.0. The van der Waals surface area contributed by atoms with Crippen molar-refractivity contribution < 1.29 is 44.6 Å². The Balaban J connectivity index is 0.000000143. The molecule has 81 heavy (non-hydrogen) atoms. The molecule has 3 fully saturated rings. The summed E-state index contributed by atoms with van der Waals surface area (Å²) >= 11 is 18.1. The van der Waals surface area contributed by atoms with E-state index < -0.39 is 71.0 Å². The number of carbonyl (C=O) groups excluding carboxylic acids is 3. The largest absolute Gasteiger partial charge is 0.308 e. The summed E-state index contributed by atoms with van der Waals surface area (Å²) in [6.45, 7) is 0. The molecule has 3 atom stereocenters. The van der Waals surface area contributed by atoms with Gasteiger partial charge in [-0.3, -0.25) is 14.4 Å². The molecular weight excluding hydrogens is 1140 g/mol. The van der Waals surface area contributed by atoms with Gasteiger partial charge >= 0.3 is 0 Å². The number of aromatic nitrogens is 6. The summed E-state index contributed by atoms with van der Waals surface area (Å²) in [4.78, 5) is 38.0. The third-order valence-corrected chi connectivity index (χ3v) is 14.3. The quantitative estimate of drug-likeness (QED) is 0.103. The van der Waals surface area contributed by atoms with Crippen LogP contribution in [0.3, 0.4) is 0 Å². The van der Waals surface area contributed by atoms with Crippen molar-refractivity contribution in [2.75, 3.05) is 22.2 Å². The Kier molecular flexibility index (Phi) is 16.6. The zero-order chi connectivity index (χ0) is 57.8. The van der Waals surface area contributed by atoms with Gasteiger partial charge in [-0.15, -0.1) is 0 Å². The van der Waals surface area contributed by atoms with Gasteiger partial charge in [-0.25, -0.2) is 40.4 Å². The molecule has 0 spiro atoms. The molecule has 23 heteroatoms. The Labute approximate surface area is 478 Å². The highest BCUT2D eigenvalue weighted by Gasteiger charge is 2.78. The van der Waals surface area contributed by atoms with Crippen LogP contribution in [-0.4, -0.2) is 71.1 Å². The summed E-state index contributed by atoms with van der Waals surface area (Å²) in [6.07, 6.45) is 4.73. The van der Waals surface area contributed by atoms with E-state index in [1.807, 2.05) is 0 Å². The Hall–Kier alpha value is -7.91. The molecule has 3 aromatic heterocycles. The fourth-order valence-electron chi connectivity index (χ4n) is 9.23. The van der Waals surface area contributed by atoms with E-state index in [1.165, 1.54) is 20.3 Å². The third-order valence-electron chi connectivity index (χ3n) is 13.6. The predicted octanol–water partition coefficient (Wildman–Crippen LogP) is 14.6. The first kappa shape index (κ1) is 57.8. The maximum atomic E-state index is 14.1. The number of benzene rings is 6. The van der Waals surface area contributed by atoms with Crippen molar-refractivity contribution >= 4 is 82.1 Å². The zero-order valence-electron chi connectivity index (χ0n) is 42.3. The minimum Gasteiger partial charge on any atom is -0.308 e. The summed E-state index contributed by atoms with van der Waals surface area (Å²) in [7, 11) is 0. The molecule has 0 saturated heterocycles. The van der Waals surface area contributed by atoms with Crippen molar-refractivity contribution in [3.63, 3.8) is 0 Å². The van der Waals surface area contributed by atoms with E-state index in [1.54, 1.807) is 201 Å². The number of alkyl halides is 6. The Morgan fingerprint density at radius 3 is 0.864 bits per heavy atom. The topological polar surface area (TPSA) is 141 Å². The van der Waals surface area contributed by atoms with Gasteiger partial charge in [-0.2, -0.15) is 19.2 Å². The SMILES string of the molecule is CSF.O=C(Nc1ccn(-c2cccc(Cl)c2)n1)C1(c2ccccc2)CC1(F)F.O=C(Nc1ccn(-c2cccc(Cl)c2)n1)[C@@]1(c2ccccc2)CC1(F)F.O=C(Nc1ccn(-c2cccc(Cl)c2)n1)[C@]1(c2ccccc2)CC1(F)F. The van der Waals surface area contributed by atoms with Crippen LogP contribution in [0.1, 0.15) is 36.0 Å². The molecule has 9 aromatic rings. The van der Waals surface area contributed by atoms with Gasteiger partial charge in [-0.05, 0) is 71.3 Å². The molecule has 3 saturated carbocycles. The summed E-state index contributed by atoms with van der Waals surface area (Å²) in [5.74, 6) is -10.9. The highest BCUT2D eigenvalue weighted by atomic mass is 35.5. The number of carbonyl (C=O) groups is 3. The molecule has 12 nitrogen and oxygen atoms in total. The van der Waals surface area contributed by atoms with Gasteiger partial charge < -0.3 is 16.0 Å². The first-order chi connectivity index (χ1) is 38.7.